The van der Waals surface area contributed by atoms with E-state index in [4.69, 9.17) is 14.2 Å². The standard InChI is InChI=1S/C16H13F2NO4/c1-9(23-13-4-2-10(17)6-12(13)18)16(20)19-11-3-5-14-15(7-11)22-8-21-14/h2-7,9H,8H2,1H3,(H,19,20). The molecule has 2 aromatic carbocycles. The Hall–Kier alpha value is -2.83. The number of nitrogens with one attached hydrogen (secondary N) is 1. The van der Waals surface area contributed by atoms with E-state index in [1.165, 1.54) is 6.92 Å². The van der Waals surface area contributed by atoms with Crippen LogP contribution in [0.5, 0.6) is 17.2 Å². The van der Waals surface area contributed by atoms with E-state index in [2.05, 4.69) is 5.32 Å². The Morgan fingerprint density at radius 1 is 1.17 bits per heavy atom. The van der Waals surface area contributed by atoms with Gasteiger partial charge in [-0.1, -0.05) is 0 Å². The van der Waals surface area contributed by atoms with Crippen molar-refractivity contribution >= 4 is 11.6 Å². The van der Waals surface area contributed by atoms with Crippen molar-refractivity contribution in [3.8, 4) is 17.2 Å². The van der Waals surface area contributed by atoms with Crippen LogP contribution in [0.25, 0.3) is 0 Å². The molecular weight excluding hydrogens is 308 g/mol. The van der Waals surface area contributed by atoms with Crippen molar-refractivity contribution in [2.24, 2.45) is 0 Å². The van der Waals surface area contributed by atoms with Crippen molar-refractivity contribution in [1.29, 1.82) is 0 Å². The average molecular weight is 321 g/mol. The first kappa shape index (κ1) is 15.1. The molecule has 0 radical (unpaired) electrons. The van der Waals surface area contributed by atoms with Gasteiger partial charge in [0, 0.05) is 17.8 Å². The summed E-state index contributed by atoms with van der Waals surface area (Å²) in [4.78, 5) is 12.1. The highest BCUT2D eigenvalue weighted by Crippen LogP contribution is 2.34. The molecule has 0 saturated heterocycles. The smallest absolute Gasteiger partial charge is 0.265 e. The van der Waals surface area contributed by atoms with E-state index in [0.29, 0.717) is 23.3 Å². The lowest BCUT2D eigenvalue weighted by molar-refractivity contribution is -0.122. The maximum Gasteiger partial charge on any atom is 0.265 e. The van der Waals surface area contributed by atoms with E-state index in [-0.39, 0.29) is 12.5 Å². The van der Waals surface area contributed by atoms with Gasteiger partial charge in [-0.05, 0) is 31.2 Å². The lowest BCUT2D eigenvalue weighted by atomic mass is 10.2. The first-order chi connectivity index (χ1) is 11.0. The molecule has 1 heterocycles. The van der Waals surface area contributed by atoms with Gasteiger partial charge in [0.2, 0.25) is 6.79 Å². The van der Waals surface area contributed by atoms with Crippen LogP contribution in [0.4, 0.5) is 14.5 Å². The number of anilines is 1. The van der Waals surface area contributed by atoms with E-state index in [1.54, 1.807) is 18.2 Å². The fourth-order valence-corrected chi connectivity index (χ4v) is 2.03. The summed E-state index contributed by atoms with van der Waals surface area (Å²) in [6, 6.07) is 7.82. The molecule has 23 heavy (non-hydrogen) atoms. The molecule has 0 saturated carbocycles. The average Bonchev–Trinajstić information content (AvgIpc) is 2.97. The molecule has 1 amide bonds. The second-order valence-corrected chi connectivity index (χ2v) is 4.89. The van der Waals surface area contributed by atoms with Gasteiger partial charge in [0.05, 0.1) is 0 Å². The lowest BCUT2D eigenvalue weighted by Gasteiger charge is -2.15. The molecule has 7 heteroatoms. The predicted octanol–water partition coefficient (Wildman–Crippen LogP) is 3.10. The SMILES string of the molecule is CC(Oc1ccc(F)cc1F)C(=O)Nc1ccc2c(c1)OCO2. The Morgan fingerprint density at radius 2 is 1.96 bits per heavy atom. The van der Waals surface area contributed by atoms with Crippen LogP contribution in [-0.2, 0) is 4.79 Å². The highest BCUT2D eigenvalue weighted by Gasteiger charge is 2.19. The minimum absolute atomic E-state index is 0.135. The van der Waals surface area contributed by atoms with E-state index in [0.717, 1.165) is 12.1 Å². The largest absolute Gasteiger partial charge is 0.478 e. The fourth-order valence-electron chi connectivity index (χ4n) is 2.03. The Bertz CT molecular complexity index is 751. The Balaban J connectivity index is 1.65. The molecule has 5 nitrogen and oxygen atoms in total. The van der Waals surface area contributed by atoms with Gasteiger partial charge in [0.15, 0.2) is 29.2 Å². The number of ether oxygens (including phenoxy) is 3. The third kappa shape index (κ3) is 3.33. The van der Waals surface area contributed by atoms with Crippen molar-refractivity contribution in [2.45, 2.75) is 13.0 Å². The summed E-state index contributed by atoms with van der Waals surface area (Å²) in [7, 11) is 0. The molecule has 120 valence electrons. The number of fused-ring (bicyclic) bond motifs is 1. The van der Waals surface area contributed by atoms with Crippen molar-refractivity contribution in [1.82, 2.24) is 0 Å². The van der Waals surface area contributed by atoms with Crippen LogP contribution in [-0.4, -0.2) is 18.8 Å². The molecule has 1 atom stereocenters. The zero-order valence-corrected chi connectivity index (χ0v) is 12.1. The number of hydrogen-bond donors (Lipinski definition) is 1. The molecule has 1 aliphatic rings. The number of carbonyl (C=O) groups excluding carboxylic acids is 1. The van der Waals surface area contributed by atoms with Gasteiger partial charge < -0.3 is 19.5 Å². The summed E-state index contributed by atoms with van der Waals surface area (Å²) in [5.74, 6) is -1.13. The predicted molar refractivity (Wildman–Crippen MR) is 77.6 cm³/mol. The summed E-state index contributed by atoms with van der Waals surface area (Å²) in [5.41, 5.74) is 0.495. The number of amides is 1. The molecule has 1 aliphatic heterocycles. The van der Waals surface area contributed by atoms with Gasteiger partial charge in [-0.3, -0.25) is 4.79 Å². The Morgan fingerprint density at radius 3 is 2.74 bits per heavy atom. The summed E-state index contributed by atoms with van der Waals surface area (Å²) < 4.78 is 42.0. The van der Waals surface area contributed by atoms with Gasteiger partial charge in [0.25, 0.3) is 5.91 Å². The number of halogens is 2. The van der Waals surface area contributed by atoms with Crippen LogP contribution in [0.3, 0.4) is 0 Å². The molecule has 0 bridgehead atoms. The van der Waals surface area contributed by atoms with Crippen molar-refractivity contribution in [2.75, 3.05) is 12.1 Å². The van der Waals surface area contributed by atoms with Crippen LogP contribution < -0.4 is 19.5 Å². The monoisotopic (exact) mass is 321 g/mol. The third-order valence-electron chi connectivity index (χ3n) is 3.21. The van der Waals surface area contributed by atoms with Gasteiger partial charge in [0.1, 0.15) is 5.82 Å². The van der Waals surface area contributed by atoms with Crippen molar-refractivity contribution < 1.29 is 27.8 Å². The van der Waals surface area contributed by atoms with E-state index in [1.807, 2.05) is 0 Å². The zero-order chi connectivity index (χ0) is 16.4. The zero-order valence-electron chi connectivity index (χ0n) is 12.1. The molecule has 2 aromatic rings. The summed E-state index contributed by atoms with van der Waals surface area (Å²) >= 11 is 0. The molecule has 3 rings (SSSR count). The molecule has 1 unspecified atom stereocenters. The fraction of sp³-hybridized carbons (Fsp3) is 0.188. The van der Waals surface area contributed by atoms with Gasteiger partial charge >= 0.3 is 0 Å². The molecule has 1 N–H and O–H groups in total. The molecular formula is C16H13F2NO4. The number of hydrogen-bond acceptors (Lipinski definition) is 4. The van der Waals surface area contributed by atoms with Gasteiger partial charge in [-0.15, -0.1) is 0 Å². The number of rotatable bonds is 4. The highest BCUT2D eigenvalue weighted by atomic mass is 19.1. The van der Waals surface area contributed by atoms with E-state index >= 15 is 0 Å². The number of benzene rings is 2. The summed E-state index contributed by atoms with van der Waals surface area (Å²) in [6.07, 6.45) is -0.972. The van der Waals surface area contributed by atoms with Crippen molar-refractivity contribution in [3.05, 3.63) is 48.0 Å². The topological polar surface area (TPSA) is 56.8 Å². The third-order valence-corrected chi connectivity index (χ3v) is 3.21. The van der Waals surface area contributed by atoms with E-state index < -0.39 is 23.6 Å². The van der Waals surface area contributed by atoms with Crippen LogP contribution >= 0.6 is 0 Å². The quantitative estimate of drug-likeness (QED) is 0.940. The van der Waals surface area contributed by atoms with E-state index in [9.17, 15) is 13.6 Å². The first-order valence-corrected chi connectivity index (χ1v) is 6.85. The van der Waals surface area contributed by atoms with Gasteiger partial charge in [-0.2, -0.15) is 0 Å². The maximum atomic E-state index is 13.5. The minimum Gasteiger partial charge on any atom is -0.478 e. The van der Waals surface area contributed by atoms with Crippen LogP contribution in [0.2, 0.25) is 0 Å². The second-order valence-electron chi connectivity index (χ2n) is 4.89. The minimum atomic E-state index is -0.972. The van der Waals surface area contributed by atoms with Crippen LogP contribution in [0.15, 0.2) is 36.4 Å². The highest BCUT2D eigenvalue weighted by molar-refractivity contribution is 5.94. The first-order valence-electron chi connectivity index (χ1n) is 6.85. The molecule has 0 spiro atoms. The normalized spacial score (nSPS) is 13.5. The van der Waals surface area contributed by atoms with Gasteiger partial charge in [-0.25, -0.2) is 8.78 Å². The second kappa shape index (κ2) is 6.12. The Labute approximate surface area is 130 Å². The number of carbonyl (C=O) groups is 1. The van der Waals surface area contributed by atoms with Crippen LogP contribution in [0, 0.1) is 11.6 Å². The van der Waals surface area contributed by atoms with Crippen LogP contribution in [0.1, 0.15) is 6.92 Å². The summed E-state index contributed by atoms with van der Waals surface area (Å²) in [6.45, 7) is 1.60. The summed E-state index contributed by atoms with van der Waals surface area (Å²) in [5, 5.41) is 2.63. The molecule has 0 aliphatic carbocycles. The molecule has 0 aromatic heterocycles. The lowest BCUT2D eigenvalue weighted by Crippen LogP contribution is -2.30. The Kier molecular flexibility index (Phi) is 4.01. The molecule has 0 fully saturated rings. The van der Waals surface area contributed by atoms with Crippen molar-refractivity contribution in [3.63, 3.8) is 0 Å². The maximum absolute atomic E-state index is 13.5.